The molecule has 1 atom stereocenters. The zero-order valence-corrected chi connectivity index (χ0v) is 18.0. The highest BCUT2D eigenvalue weighted by Gasteiger charge is 2.32. The third kappa shape index (κ3) is 3.01. The molecule has 0 N–H and O–H groups in total. The second-order valence-corrected chi connectivity index (χ2v) is 8.21. The van der Waals surface area contributed by atoms with E-state index >= 15 is 0 Å². The van der Waals surface area contributed by atoms with Crippen LogP contribution in [0.15, 0.2) is 53.3 Å². The van der Waals surface area contributed by atoms with E-state index in [1.165, 1.54) is 5.56 Å². The van der Waals surface area contributed by atoms with Gasteiger partial charge in [0.2, 0.25) is 0 Å². The summed E-state index contributed by atoms with van der Waals surface area (Å²) in [6.07, 6.45) is 3.94. The molecule has 4 aromatic rings. The summed E-state index contributed by atoms with van der Waals surface area (Å²) in [4.78, 5) is 2.34. The molecule has 6 heteroatoms. The minimum atomic E-state index is 0.153. The molecular weight excluding hydrogens is 386 g/mol. The van der Waals surface area contributed by atoms with Gasteiger partial charge in [-0.15, -0.1) is 0 Å². The van der Waals surface area contributed by atoms with Gasteiger partial charge in [-0.05, 0) is 49.2 Å². The van der Waals surface area contributed by atoms with Crippen LogP contribution in [0.25, 0.3) is 22.3 Å². The van der Waals surface area contributed by atoms with Crippen LogP contribution >= 0.6 is 0 Å². The Morgan fingerprint density at radius 2 is 1.84 bits per heavy atom. The van der Waals surface area contributed by atoms with Gasteiger partial charge in [-0.3, -0.25) is 4.68 Å². The molecule has 5 rings (SSSR count). The number of aromatic nitrogens is 3. The lowest BCUT2D eigenvalue weighted by Gasteiger charge is -2.29. The number of nitriles is 1. The first-order valence-corrected chi connectivity index (χ1v) is 10.3. The molecule has 2 aromatic heterocycles. The fourth-order valence-electron chi connectivity index (χ4n) is 4.57. The fourth-order valence-corrected chi connectivity index (χ4v) is 4.57. The van der Waals surface area contributed by atoms with Crippen LogP contribution in [0.4, 0.5) is 11.4 Å². The molecule has 154 valence electrons. The number of hydrogen-bond acceptors (Lipinski definition) is 5. The van der Waals surface area contributed by atoms with Gasteiger partial charge in [-0.25, -0.2) is 0 Å². The molecule has 0 radical (unpaired) electrons. The number of nitrogens with zero attached hydrogens (tertiary/aromatic N) is 5. The van der Waals surface area contributed by atoms with Gasteiger partial charge in [-0.1, -0.05) is 24.2 Å². The Kier molecular flexibility index (Phi) is 4.40. The van der Waals surface area contributed by atoms with Gasteiger partial charge in [-0.2, -0.15) is 10.4 Å². The molecule has 0 aliphatic carbocycles. The zero-order valence-electron chi connectivity index (χ0n) is 18.0. The molecule has 1 unspecified atom stereocenters. The van der Waals surface area contributed by atoms with Crippen molar-refractivity contribution in [3.8, 4) is 28.3 Å². The molecule has 0 bridgehead atoms. The van der Waals surface area contributed by atoms with Crippen LogP contribution in [0, 0.1) is 25.2 Å². The van der Waals surface area contributed by atoms with Crippen molar-refractivity contribution in [2.45, 2.75) is 26.7 Å². The lowest BCUT2D eigenvalue weighted by atomic mass is 9.93. The Balaban J connectivity index is 1.78. The number of anilines is 2. The van der Waals surface area contributed by atoms with Crippen molar-refractivity contribution in [2.24, 2.45) is 7.05 Å². The Hall–Kier alpha value is -3.85. The number of fused-ring (bicyclic) bond motifs is 3. The smallest absolute Gasteiger partial charge is 0.149 e. The van der Waals surface area contributed by atoms with Crippen LogP contribution in [-0.4, -0.2) is 21.5 Å². The molecular formula is C25H23N5O. The Morgan fingerprint density at radius 1 is 1.10 bits per heavy atom. The molecule has 1 aliphatic rings. The molecule has 0 spiro atoms. The standard InChI is InChI=1S/C25H23N5O/c1-15-13-30(20-7-5-18(11-26)6-8-20)24-16(2)21(19-12-27-29(4)14-19)9-10-22(24)23-17(3)28-31-25(15)23/h5-10,12,14-15H,13H2,1-4H3. The van der Waals surface area contributed by atoms with E-state index in [-0.39, 0.29) is 5.92 Å². The van der Waals surface area contributed by atoms with Crippen molar-refractivity contribution in [3.05, 3.63) is 71.4 Å². The first kappa shape index (κ1) is 19.1. The zero-order chi connectivity index (χ0) is 21.7. The van der Waals surface area contributed by atoms with Gasteiger partial charge in [0.05, 0.1) is 29.2 Å². The number of aryl methyl sites for hydroxylation is 2. The molecule has 2 aromatic carbocycles. The van der Waals surface area contributed by atoms with Gasteiger partial charge in [0.25, 0.3) is 0 Å². The van der Waals surface area contributed by atoms with Gasteiger partial charge < -0.3 is 9.42 Å². The summed E-state index contributed by atoms with van der Waals surface area (Å²) in [5.41, 5.74) is 9.36. The average molecular weight is 409 g/mol. The summed E-state index contributed by atoms with van der Waals surface area (Å²) in [5.74, 6) is 1.07. The number of benzene rings is 2. The first-order chi connectivity index (χ1) is 15.0. The Labute approximate surface area is 181 Å². The van der Waals surface area contributed by atoms with Crippen LogP contribution in [0.3, 0.4) is 0 Å². The second-order valence-electron chi connectivity index (χ2n) is 8.21. The molecule has 3 heterocycles. The topological polar surface area (TPSA) is 70.9 Å². The van der Waals surface area contributed by atoms with E-state index in [0.29, 0.717) is 5.56 Å². The van der Waals surface area contributed by atoms with Crippen molar-refractivity contribution in [1.82, 2.24) is 14.9 Å². The highest BCUT2D eigenvalue weighted by atomic mass is 16.5. The average Bonchev–Trinajstić information content (AvgIpc) is 3.34. The third-order valence-corrected chi connectivity index (χ3v) is 6.09. The normalized spacial score (nSPS) is 15.2. The van der Waals surface area contributed by atoms with Gasteiger partial charge in [0.1, 0.15) is 5.76 Å². The summed E-state index contributed by atoms with van der Waals surface area (Å²) in [7, 11) is 1.93. The largest absolute Gasteiger partial charge is 0.360 e. The predicted octanol–water partition coefficient (Wildman–Crippen LogP) is 5.49. The summed E-state index contributed by atoms with van der Waals surface area (Å²) >= 11 is 0. The SMILES string of the molecule is Cc1noc2c1-c1ccc(-c3cnn(C)c3)c(C)c1N(c1ccc(C#N)cc1)CC2C. The molecule has 0 saturated heterocycles. The third-order valence-electron chi connectivity index (χ3n) is 6.09. The predicted molar refractivity (Wildman–Crippen MR) is 120 cm³/mol. The van der Waals surface area contributed by atoms with Crippen molar-refractivity contribution in [3.63, 3.8) is 0 Å². The lowest BCUT2D eigenvalue weighted by molar-refractivity contribution is 0.364. The molecule has 0 fully saturated rings. The quantitative estimate of drug-likeness (QED) is 0.438. The van der Waals surface area contributed by atoms with Crippen molar-refractivity contribution in [1.29, 1.82) is 5.26 Å². The summed E-state index contributed by atoms with van der Waals surface area (Å²) in [5, 5.41) is 17.9. The molecule has 0 saturated carbocycles. The number of rotatable bonds is 2. The lowest BCUT2D eigenvalue weighted by Crippen LogP contribution is -2.22. The van der Waals surface area contributed by atoms with Gasteiger partial charge in [0, 0.05) is 48.1 Å². The monoisotopic (exact) mass is 409 g/mol. The van der Waals surface area contributed by atoms with E-state index in [0.717, 1.165) is 51.6 Å². The van der Waals surface area contributed by atoms with E-state index in [1.807, 2.05) is 55.3 Å². The highest BCUT2D eigenvalue weighted by molar-refractivity contribution is 5.92. The van der Waals surface area contributed by atoms with E-state index in [9.17, 15) is 5.26 Å². The first-order valence-electron chi connectivity index (χ1n) is 10.3. The van der Waals surface area contributed by atoms with Gasteiger partial charge in [0.15, 0.2) is 0 Å². The van der Waals surface area contributed by atoms with E-state index in [2.05, 4.69) is 47.2 Å². The summed E-state index contributed by atoms with van der Waals surface area (Å²) in [6.45, 7) is 7.08. The minimum Gasteiger partial charge on any atom is -0.360 e. The van der Waals surface area contributed by atoms with E-state index in [4.69, 9.17) is 4.52 Å². The maximum atomic E-state index is 9.22. The molecule has 31 heavy (non-hydrogen) atoms. The van der Waals surface area contributed by atoms with Crippen molar-refractivity contribution < 1.29 is 4.52 Å². The molecule has 0 amide bonds. The highest BCUT2D eigenvalue weighted by Crippen LogP contribution is 2.48. The maximum Gasteiger partial charge on any atom is 0.149 e. The van der Waals surface area contributed by atoms with Crippen LogP contribution in [-0.2, 0) is 7.05 Å². The molecule has 6 nitrogen and oxygen atoms in total. The molecule has 1 aliphatic heterocycles. The van der Waals surface area contributed by atoms with E-state index in [1.54, 1.807) is 0 Å². The van der Waals surface area contributed by atoms with Gasteiger partial charge >= 0.3 is 0 Å². The van der Waals surface area contributed by atoms with Crippen LogP contribution in [0.5, 0.6) is 0 Å². The van der Waals surface area contributed by atoms with E-state index < -0.39 is 0 Å². The summed E-state index contributed by atoms with van der Waals surface area (Å²) in [6, 6.07) is 14.3. The summed E-state index contributed by atoms with van der Waals surface area (Å²) < 4.78 is 7.60. The van der Waals surface area contributed by atoms with Crippen LogP contribution in [0.2, 0.25) is 0 Å². The minimum absolute atomic E-state index is 0.153. The Morgan fingerprint density at radius 3 is 2.52 bits per heavy atom. The second kappa shape index (κ2) is 7.13. The fraction of sp³-hybridized carbons (Fsp3) is 0.240. The van der Waals surface area contributed by atoms with Crippen LogP contribution in [0.1, 0.15) is 35.4 Å². The van der Waals surface area contributed by atoms with Crippen molar-refractivity contribution >= 4 is 11.4 Å². The van der Waals surface area contributed by atoms with Crippen molar-refractivity contribution in [2.75, 3.05) is 11.4 Å². The number of hydrogen-bond donors (Lipinski definition) is 0. The maximum absolute atomic E-state index is 9.22. The van der Waals surface area contributed by atoms with Crippen LogP contribution < -0.4 is 4.90 Å². The Bertz CT molecular complexity index is 1320.